The third kappa shape index (κ3) is 3.12. The maximum absolute atomic E-state index is 13.4. The zero-order valence-corrected chi connectivity index (χ0v) is 11.4. The highest BCUT2D eigenvalue weighted by molar-refractivity contribution is 5.66. The number of hydrogen-bond acceptors (Lipinski definition) is 2. The number of nitrogens with one attached hydrogen (secondary N) is 1. The Morgan fingerprint density at radius 1 is 1.11 bits per heavy atom. The highest BCUT2D eigenvalue weighted by Gasteiger charge is 2.12. The predicted molar refractivity (Wildman–Crippen MR) is 78.3 cm³/mol. The van der Waals surface area contributed by atoms with E-state index in [0.717, 1.165) is 23.5 Å². The van der Waals surface area contributed by atoms with E-state index in [1.165, 1.54) is 6.07 Å². The first kappa shape index (κ1) is 13.6. The van der Waals surface area contributed by atoms with E-state index in [0.29, 0.717) is 6.54 Å². The molecule has 1 N–H and O–H groups in total. The summed E-state index contributed by atoms with van der Waals surface area (Å²) in [6.45, 7) is 3.59. The lowest BCUT2D eigenvalue weighted by molar-refractivity contribution is 0.623. The molecule has 0 bridgehead atoms. The summed E-state index contributed by atoms with van der Waals surface area (Å²) in [5, 5.41) is 3.09. The van der Waals surface area contributed by atoms with Crippen LogP contribution in [0.4, 0.5) is 15.8 Å². The highest BCUT2D eigenvalue weighted by Crippen LogP contribution is 2.28. The van der Waals surface area contributed by atoms with Gasteiger partial charge in [-0.1, -0.05) is 18.2 Å². The first-order chi connectivity index (χ1) is 9.26. The maximum Gasteiger partial charge on any atom is 0.123 e. The van der Waals surface area contributed by atoms with Crippen LogP contribution in [-0.4, -0.2) is 13.6 Å². The predicted octanol–water partition coefficient (Wildman–Crippen LogP) is 3.70. The third-order valence-corrected chi connectivity index (χ3v) is 3.08. The van der Waals surface area contributed by atoms with Gasteiger partial charge in [-0.25, -0.2) is 4.39 Å². The molecule has 0 spiro atoms. The lowest BCUT2D eigenvalue weighted by Crippen LogP contribution is -2.19. The van der Waals surface area contributed by atoms with Crippen molar-refractivity contribution in [2.75, 3.05) is 18.5 Å². The van der Waals surface area contributed by atoms with Gasteiger partial charge in [-0.15, -0.1) is 0 Å². The normalized spacial score (nSPS) is 10.5. The van der Waals surface area contributed by atoms with Crippen molar-refractivity contribution >= 4 is 11.4 Å². The molecule has 0 amide bonds. The first-order valence-corrected chi connectivity index (χ1v) is 6.52. The molecular weight excluding hydrogens is 239 g/mol. The SMILES string of the molecule is CCN(c1ccccc1)c1ccc(F)cc1CNC. The summed E-state index contributed by atoms with van der Waals surface area (Å²) < 4.78 is 13.4. The fourth-order valence-corrected chi connectivity index (χ4v) is 2.25. The van der Waals surface area contributed by atoms with Crippen molar-refractivity contribution in [1.82, 2.24) is 5.32 Å². The molecule has 0 saturated heterocycles. The van der Waals surface area contributed by atoms with Gasteiger partial charge in [0.05, 0.1) is 0 Å². The monoisotopic (exact) mass is 258 g/mol. The number of nitrogens with zero attached hydrogens (tertiary/aromatic N) is 1. The topological polar surface area (TPSA) is 15.3 Å². The second-order valence-corrected chi connectivity index (χ2v) is 4.38. The molecule has 19 heavy (non-hydrogen) atoms. The molecule has 0 atom stereocenters. The van der Waals surface area contributed by atoms with Crippen LogP contribution in [0.3, 0.4) is 0 Å². The van der Waals surface area contributed by atoms with E-state index in [1.807, 2.05) is 31.3 Å². The minimum Gasteiger partial charge on any atom is -0.342 e. The van der Waals surface area contributed by atoms with Gasteiger partial charge in [0.1, 0.15) is 5.82 Å². The van der Waals surface area contributed by atoms with Crippen LogP contribution < -0.4 is 10.2 Å². The van der Waals surface area contributed by atoms with E-state index in [1.54, 1.807) is 6.07 Å². The van der Waals surface area contributed by atoms with E-state index < -0.39 is 0 Å². The van der Waals surface area contributed by atoms with Crippen LogP contribution in [0.25, 0.3) is 0 Å². The van der Waals surface area contributed by atoms with Crippen LogP contribution in [0.1, 0.15) is 12.5 Å². The number of anilines is 2. The Morgan fingerprint density at radius 2 is 1.84 bits per heavy atom. The third-order valence-electron chi connectivity index (χ3n) is 3.08. The number of para-hydroxylation sites is 1. The molecule has 2 rings (SSSR count). The van der Waals surface area contributed by atoms with Crippen molar-refractivity contribution in [3.05, 3.63) is 59.9 Å². The molecular formula is C16H19FN2. The zero-order chi connectivity index (χ0) is 13.7. The molecule has 100 valence electrons. The van der Waals surface area contributed by atoms with E-state index in [-0.39, 0.29) is 5.82 Å². The summed E-state index contributed by atoms with van der Waals surface area (Å²) in [5.74, 6) is -0.196. The van der Waals surface area contributed by atoms with Crippen LogP contribution in [0, 0.1) is 5.82 Å². The van der Waals surface area contributed by atoms with Crippen LogP contribution in [0.15, 0.2) is 48.5 Å². The van der Waals surface area contributed by atoms with Crippen LogP contribution in [-0.2, 0) is 6.54 Å². The number of hydrogen-bond donors (Lipinski definition) is 1. The van der Waals surface area contributed by atoms with Crippen molar-refractivity contribution in [1.29, 1.82) is 0 Å². The van der Waals surface area contributed by atoms with Crippen molar-refractivity contribution < 1.29 is 4.39 Å². The van der Waals surface area contributed by atoms with E-state index in [9.17, 15) is 4.39 Å². The summed E-state index contributed by atoms with van der Waals surface area (Å²) in [4.78, 5) is 2.19. The number of benzene rings is 2. The summed E-state index contributed by atoms with van der Waals surface area (Å²) in [5.41, 5.74) is 3.13. The van der Waals surface area contributed by atoms with Crippen molar-refractivity contribution in [3.8, 4) is 0 Å². The van der Waals surface area contributed by atoms with Gasteiger partial charge < -0.3 is 10.2 Å². The average Bonchev–Trinajstić information content (AvgIpc) is 2.43. The Balaban J connectivity index is 2.43. The highest BCUT2D eigenvalue weighted by atomic mass is 19.1. The largest absolute Gasteiger partial charge is 0.342 e. The Morgan fingerprint density at radius 3 is 2.47 bits per heavy atom. The maximum atomic E-state index is 13.4. The molecule has 0 heterocycles. The van der Waals surface area contributed by atoms with Gasteiger partial charge in [-0.3, -0.25) is 0 Å². The van der Waals surface area contributed by atoms with Gasteiger partial charge in [0, 0.05) is 24.5 Å². The first-order valence-electron chi connectivity index (χ1n) is 6.52. The van der Waals surface area contributed by atoms with Gasteiger partial charge >= 0.3 is 0 Å². The fourth-order valence-electron chi connectivity index (χ4n) is 2.25. The lowest BCUT2D eigenvalue weighted by Gasteiger charge is -2.26. The van der Waals surface area contributed by atoms with Gasteiger partial charge in [0.15, 0.2) is 0 Å². The van der Waals surface area contributed by atoms with Gasteiger partial charge in [0.2, 0.25) is 0 Å². The molecule has 2 nitrogen and oxygen atoms in total. The Bertz CT molecular complexity index is 526. The summed E-state index contributed by atoms with van der Waals surface area (Å²) in [7, 11) is 1.87. The molecule has 0 saturated carbocycles. The molecule has 3 heteroatoms. The molecule has 2 aromatic rings. The molecule has 0 aliphatic carbocycles. The summed E-state index contributed by atoms with van der Waals surface area (Å²) >= 11 is 0. The quantitative estimate of drug-likeness (QED) is 0.879. The van der Waals surface area contributed by atoms with Crippen molar-refractivity contribution in [3.63, 3.8) is 0 Å². The second kappa shape index (κ2) is 6.34. The molecule has 0 radical (unpaired) electrons. The fraction of sp³-hybridized carbons (Fsp3) is 0.250. The van der Waals surface area contributed by atoms with Crippen molar-refractivity contribution in [2.24, 2.45) is 0 Å². The molecule has 0 aliphatic heterocycles. The number of rotatable bonds is 5. The zero-order valence-electron chi connectivity index (χ0n) is 11.4. The van der Waals surface area contributed by atoms with Gasteiger partial charge in [-0.2, -0.15) is 0 Å². The van der Waals surface area contributed by atoms with Crippen LogP contribution >= 0.6 is 0 Å². The Hall–Kier alpha value is -1.87. The van der Waals surface area contributed by atoms with Gasteiger partial charge in [0.25, 0.3) is 0 Å². The molecule has 0 aliphatic rings. The van der Waals surface area contributed by atoms with E-state index in [2.05, 4.69) is 29.3 Å². The second-order valence-electron chi connectivity index (χ2n) is 4.38. The molecule has 0 unspecified atom stereocenters. The Kier molecular flexibility index (Phi) is 4.53. The molecule has 0 aromatic heterocycles. The smallest absolute Gasteiger partial charge is 0.123 e. The number of halogens is 1. The van der Waals surface area contributed by atoms with Crippen molar-refractivity contribution in [2.45, 2.75) is 13.5 Å². The van der Waals surface area contributed by atoms with Crippen LogP contribution in [0.5, 0.6) is 0 Å². The van der Waals surface area contributed by atoms with E-state index in [4.69, 9.17) is 0 Å². The van der Waals surface area contributed by atoms with E-state index >= 15 is 0 Å². The standard InChI is InChI=1S/C16H19FN2/c1-3-19(15-7-5-4-6-8-15)16-10-9-14(17)11-13(16)12-18-2/h4-11,18H,3,12H2,1-2H3. The van der Waals surface area contributed by atoms with Gasteiger partial charge in [-0.05, 0) is 49.9 Å². The molecule has 2 aromatic carbocycles. The Labute approximate surface area is 113 Å². The minimum atomic E-state index is -0.196. The molecule has 0 fully saturated rings. The minimum absolute atomic E-state index is 0.196. The summed E-state index contributed by atoms with van der Waals surface area (Å²) in [6, 6.07) is 15.1. The lowest BCUT2D eigenvalue weighted by atomic mass is 10.1. The average molecular weight is 258 g/mol. The summed E-state index contributed by atoms with van der Waals surface area (Å²) in [6.07, 6.45) is 0. The van der Waals surface area contributed by atoms with Crippen LogP contribution in [0.2, 0.25) is 0 Å².